The molecule has 0 aliphatic carbocycles. The molecule has 1 aromatic rings. The molecule has 0 radical (unpaired) electrons. The molecule has 0 atom stereocenters. The van der Waals surface area contributed by atoms with E-state index >= 15 is 0 Å². The third-order valence-electron chi connectivity index (χ3n) is 3.99. The molecule has 0 saturated carbocycles. The van der Waals surface area contributed by atoms with Gasteiger partial charge in [-0.15, -0.1) is 0 Å². The van der Waals surface area contributed by atoms with Crippen molar-refractivity contribution in [2.24, 2.45) is 5.92 Å². The predicted molar refractivity (Wildman–Crippen MR) is 92.8 cm³/mol. The topological polar surface area (TPSA) is 66.8 Å². The van der Waals surface area contributed by atoms with E-state index in [1.165, 1.54) is 12.1 Å². The molecular weight excluding hydrogens is 306 g/mol. The highest BCUT2D eigenvalue weighted by molar-refractivity contribution is 5.92. The van der Waals surface area contributed by atoms with E-state index in [0.29, 0.717) is 19.0 Å². The summed E-state index contributed by atoms with van der Waals surface area (Å²) < 4.78 is 5.83. The number of nitrogens with zero attached hydrogens (tertiary/aromatic N) is 1. The molecular formula is C19H25NO4. The summed E-state index contributed by atoms with van der Waals surface area (Å²) in [6.07, 6.45) is 5.27. The SMILES string of the molecule is CC(C)COC1CCN(C(=O)C=Cc2ccc(C(=O)O)cc2)CC1. The molecule has 1 aromatic carbocycles. The molecule has 1 aliphatic heterocycles. The van der Waals surface area contributed by atoms with E-state index in [1.54, 1.807) is 24.3 Å². The molecule has 0 aromatic heterocycles. The maximum atomic E-state index is 12.2. The van der Waals surface area contributed by atoms with Crippen molar-refractivity contribution in [3.63, 3.8) is 0 Å². The number of hydrogen-bond acceptors (Lipinski definition) is 3. The van der Waals surface area contributed by atoms with Crippen LogP contribution in [0.3, 0.4) is 0 Å². The fourth-order valence-corrected chi connectivity index (χ4v) is 2.58. The lowest BCUT2D eigenvalue weighted by molar-refractivity contribution is -0.128. The predicted octanol–water partition coefficient (Wildman–Crippen LogP) is 3.06. The van der Waals surface area contributed by atoms with Crippen LogP contribution in [0.5, 0.6) is 0 Å². The molecule has 1 N–H and O–H groups in total. The number of aromatic carboxylic acids is 1. The number of carbonyl (C=O) groups excluding carboxylic acids is 1. The zero-order chi connectivity index (χ0) is 17.5. The summed E-state index contributed by atoms with van der Waals surface area (Å²) in [7, 11) is 0. The number of amides is 1. The molecule has 1 fully saturated rings. The van der Waals surface area contributed by atoms with Crippen LogP contribution >= 0.6 is 0 Å². The van der Waals surface area contributed by atoms with Gasteiger partial charge < -0.3 is 14.7 Å². The van der Waals surface area contributed by atoms with Crippen molar-refractivity contribution in [2.75, 3.05) is 19.7 Å². The summed E-state index contributed by atoms with van der Waals surface area (Å²) in [5, 5.41) is 8.86. The number of rotatable bonds is 6. The van der Waals surface area contributed by atoms with E-state index in [1.807, 2.05) is 4.90 Å². The van der Waals surface area contributed by atoms with Crippen molar-refractivity contribution in [3.05, 3.63) is 41.5 Å². The molecule has 24 heavy (non-hydrogen) atoms. The van der Waals surface area contributed by atoms with Crippen LogP contribution in [-0.4, -0.2) is 47.7 Å². The van der Waals surface area contributed by atoms with Crippen LogP contribution in [-0.2, 0) is 9.53 Å². The third-order valence-corrected chi connectivity index (χ3v) is 3.99. The fraction of sp³-hybridized carbons (Fsp3) is 0.474. The van der Waals surface area contributed by atoms with Gasteiger partial charge in [0.1, 0.15) is 0 Å². The van der Waals surface area contributed by atoms with Crippen molar-refractivity contribution >= 4 is 18.0 Å². The molecule has 1 heterocycles. The van der Waals surface area contributed by atoms with Crippen molar-refractivity contribution < 1.29 is 19.4 Å². The second-order valence-corrected chi connectivity index (χ2v) is 6.51. The van der Waals surface area contributed by atoms with Crippen molar-refractivity contribution in [1.29, 1.82) is 0 Å². The van der Waals surface area contributed by atoms with Gasteiger partial charge in [0.2, 0.25) is 5.91 Å². The van der Waals surface area contributed by atoms with Crippen LogP contribution in [0, 0.1) is 5.92 Å². The number of benzene rings is 1. The number of carbonyl (C=O) groups is 2. The second kappa shape index (κ2) is 8.64. The lowest BCUT2D eigenvalue weighted by Crippen LogP contribution is -2.40. The Morgan fingerprint density at radius 3 is 2.42 bits per heavy atom. The van der Waals surface area contributed by atoms with Gasteiger partial charge in [0.15, 0.2) is 0 Å². The molecule has 2 rings (SSSR count). The Balaban J connectivity index is 1.81. The summed E-state index contributed by atoms with van der Waals surface area (Å²) in [6.45, 7) is 6.46. The van der Waals surface area contributed by atoms with Crippen molar-refractivity contribution in [3.8, 4) is 0 Å². The third kappa shape index (κ3) is 5.49. The van der Waals surface area contributed by atoms with Gasteiger partial charge in [-0.25, -0.2) is 4.79 Å². The lowest BCUT2D eigenvalue weighted by atomic mass is 10.1. The van der Waals surface area contributed by atoms with Gasteiger partial charge in [0.25, 0.3) is 0 Å². The molecule has 1 amide bonds. The quantitative estimate of drug-likeness (QED) is 0.814. The molecule has 130 valence electrons. The van der Waals surface area contributed by atoms with Gasteiger partial charge in [0.05, 0.1) is 11.7 Å². The van der Waals surface area contributed by atoms with Crippen LogP contribution in [0.4, 0.5) is 0 Å². The highest BCUT2D eigenvalue weighted by Gasteiger charge is 2.22. The standard InChI is InChI=1S/C19H25NO4/c1-14(2)13-24-17-9-11-20(12-10-17)18(21)8-5-15-3-6-16(7-4-15)19(22)23/h3-8,14,17H,9-13H2,1-2H3,(H,22,23). The molecule has 1 aliphatic rings. The molecule has 1 saturated heterocycles. The first-order valence-corrected chi connectivity index (χ1v) is 8.37. The van der Waals surface area contributed by atoms with E-state index in [2.05, 4.69) is 13.8 Å². The molecule has 5 heteroatoms. The fourth-order valence-electron chi connectivity index (χ4n) is 2.58. The Morgan fingerprint density at radius 2 is 1.88 bits per heavy atom. The van der Waals surface area contributed by atoms with E-state index in [-0.39, 0.29) is 17.6 Å². The largest absolute Gasteiger partial charge is 0.478 e. The van der Waals surface area contributed by atoms with Crippen molar-refractivity contribution in [1.82, 2.24) is 4.90 Å². The van der Waals surface area contributed by atoms with E-state index in [0.717, 1.165) is 25.0 Å². The highest BCUT2D eigenvalue weighted by atomic mass is 16.5. The summed E-state index contributed by atoms with van der Waals surface area (Å²) in [6, 6.07) is 6.45. The van der Waals surface area contributed by atoms with E-state index in [4.69, 9.17) is 9.84 Å². The number of carboxylic acid groups (broad SMARTS) is 1. The first-order chi connectivity index (χ1) is 11.5. The van der Waals surface area contributed by atoms with Gasteiger partial charge in [-0.2, -0.15) is 0 Å². The van der Waals surface area contributed by atoms with Gasteiger partial charge in [-0.3, -0.25) is 4.79 Å². The molecule has 0 spiro atoms. The summed E-state index contributed by atoms with van der Waals surface area (Å²) >= 11 is 0. The van der Waals surface area contributed by atoms with Crippen LogP contribution in [0.25, 0.3) is 6.08 Å². The first-order valence-electron chi connectivity index (χ1n) is 8.37. The van der Waals surface area contributed by atoms with Gasteiger partial charge in [0, 0.05) is 25.8 Å². The van der Waals surface area contributed by atoms with Crippen molar-refractivity contribution in [2.45, 2.75) is 32.8 Å². The lowest BCUT2D eigenvalue weighted by Gasteiger charge is -2.31. The van der Waals surface area contributed by atoms with Gasteiger partial charge in [-0.05, 0) is 42.5 Å². The van der Waals surface area contributed by atoms with Gasteiger partial charge in [-0.1, -0.05) is 26.0 Å². The zero-order valence-electron chi connectivity index (χ0n) is 14.3. The Hall–Kier alpha value is -2.14. The minimum Gasteiger partial charge on any atom is -0.478 e. The molecule has 0 unspecified atom stereocenters. The maximum absolute atomic E-state index is 12.2. The Labute approximate surface area is 142 Å². The number of ether oxygens (including phenoxy) is 1. The Bertz CT molecular complexity index is 584. The van der Waals surface area contributed by atoms with Crippen LogP contribution in [0.15, 0.2) is 30.3 Å². The molecule has 0 bridgehead atoms. The summed E-state index contributed by atoms with van der Waals surface area (Å²) in [4.78, 5) is 24.9. The average Bonchev–Trinajstić information content (AvgIpc) is 2.58. The minimum atomic E-state index is -0.954. The smallest absolute Gasteiger partial charge is 0.335 e. The van der Waals surface area contributed by atoms with Gasteiger partial charge >= 0.3 is 5.97 Å². The monoisotopic (exact) mass is 331 g/mol. The zero-order valence-corrected chi connectivity index (χ0v) is 14.3. The second-order valence-electron chi connectivity index (χ2n) is 6.51. The maximum Gasteiger partial charge on any atom is 0.335 e. The average molecular weight is 331 g/mol. The summed E-state index contributed by atoms with van der Waals surface area (Å²) in [5.74, 6) is -0.441. The van der Waals surface area contributed by atoms with E-state index in [9.17, 15) is 9.59 Å². The van der Waals surface area contributed by atoms with Crippen LogP contribution in [0.1, 0.15) is 42.6 Å². The molecule has 5 nitrogen and oxygen atoms in total. The first kappa shape index (κ1) is 18.2. The number of hydrogen-bond donors (Lipinski definition) is 1. The normalized spacial score (nSPS) is 16.0. The minimum absolute atomic E-state index is 0.0142. The Morgan fingerprint density at radius 1 is 1.25 bits per heavy atom. The number of piperidine rings is 1. The number of likely N-dealkylation sites (tertiary alicyclic amines) is 1. The van der Waals surface area contributed by atoms with E-state index < -0.39 is 5.97 Å². The van der Waals surface area contributed by atoms with Crippen LogP contribution < -0.4 is 0 Å². The number of carboxylic acids is 1. The van der Waals surface area contributed by atoms with Crippen LogP contribution in [0.2, 0.25) is 0 Å². The Kier molecular flexibility index (Phi) is 6.55. The highest BCUT2D eigenvalue weighted by Crippen LogP contribution is 2.15. The summed E-state index contributed by atoms with van der Waals surface area (Å²) in [5.41, 5.74) is 1.05.